The highest BCUT2D eigenvalue weighted by Gasteiger charge is 2.17. The van der Waals surface area contributed by atoms with E-state index in [1.54, 1.807) is 0 Å². The van der Waals surface area contributed by atoms with Gasteiger partial charge in [0, 0.05) is 32.4 Å². The quantitative estimate of drug-likeness (QED) is 0.585. The molecule has 2 heteroatoms. The molecule has 2 heterocycles. The largest absolute Gasteiger partial charge is 0.378 e. The van der Waals surface area contributed by atoms with Crippen molar-refractivity contribution in [3.8, 4) is 0 Å². The van der Waals surface area contributed by atoms with Gasteiger partial charge in [-0.15, -0.1) is 0 Å². The minimum atomic E-state index is 0.826. The van der Waals surface area contributed by atoms with Crippen molar-refractivity contribution in [1.29, 1.82) is 0 Å². The van der Waals surface area contributed by atoms with E-state index in [9.17, 15) is 0 Å². The van der Waals surface area contributed by atoms with Gasteiger partial charge in [0.25, 0.3) is 0 Å². The molecule has 0 saturated carbocycles. The molecule has 2 saturated heterocycles. The summed E-state index contributed by atoms with van der Waals surface area (Å²) in [5, 5.41) is 0. The molecule has 0 bridgehead atoms. The molecule has 14 heavy (non-hydrogen) atoms. The van der Waals surface area contributed by atoms with Crippen LogP contribution in [-0.4, -0.2) is 43.5 Å². The summed E-state index contributed by atoms with van der Waals surface area (Å²) in [5.74, 6) is 1.79. The zero-order chi connectivity index (χ0) is 10.7. The van der Waals surface area contributed by atoms with E-state index >= 15 is 0 Å². The van der Waals surface area contributed by atoms with Crippen LogP contribution in [0, 0.1) is 11.8 Å². The molecule has 0 radical (unpaired) electrons. The number of hydrogen-bond acceptors (Lipinski definition) is 2. The predicted molar refractivity (Wildman–Crippen MR) is 62.2 cm³/mol. The van der Waals surface area contributed by atoms with Crippen LogP contribution in [0.1, 0.15) is 20.3 Å². The Morgan fingerprint density at radius 2 is 1.64 bits per heavy atom. The zero-order valence-electron chi connectivity index (χ0n) is 10.1. The lowest BCUT2D eigenvalue weighted by Crippen LogP contribution is -2.41. The lowest BCUT2D eigenvalue weighted by molar-refractivity contribution is 0.149. The van der Waals surface area contributed by atoms with Gasteiger partial charge in [-0.1, -0.05) is 20.4 Å². The first-order valence-electron chi connectivity index (χ1n) is 5.56. The van der Waals surface area contributed by atoms with Crippen molar-refractivity contribution in [3.63, 3.8) is 0 Å². The van der Waals surface area contributed by atoms with Crippen molar-refractivity contribution in [2.75, 3.05) is 33.7 Å². The van der Waals surface area contributed by atoms with Crippen molar-refractivity contribution in [2.45, 2.75) is 20.3 Å². The van der Waals surface area contributed by atoms with Crippen LogP contribution in [0.3, 0.4) is 0 Å². The van der Waals surface area contributed by atoms with Crippen molar-refractivity contribution in [2.24, 2.45) is 11.8 Å². The molecule has 0 aromatic heterocycles. The molecule has 0 aromatic rings. The van der Waals surface area contributed by atoms with E-state index in [1.807, 2.05) is 0 Å². The van der Waals surface area contributed by atoms with Crippen molar-refractivity contribution in [3.05, 3.63) is 12.3 Å². The highest BCUT2D eigenvalue weighted by Crippen LogP contribution is 2.21. The average Bonchev–Trinajstić information content (AvgIpc) is 2.28. The molecule has 0 aromatic carbocycles. The van der Waals surface area contributed by atoms with Gasteiger partial charge in [0.2, 0.25) is 0 Å². The molecule has 0 N–H and O–H groups in total. The molecule has 82 valence electrons. The SMILES string of the molecule is C=C1CC(C)CN1C.CC1CN(C)C1. The maximum atomic E-state index is 3.91. The molecule has 1 atom stereocenters. The summed E-state index contributed by atoms with van der Waals surface area (Å²) in [6, 6.07) is 0. The van der Waals surface area contributed by atoms with Crippen LogP contribution in [0.2, 0.25) is 0 Å². The minimum Gasteiger partial charge on any atom is -0.378 e. The standard InChI is InChI=1S/C7H13N.C5H11N/c1-6-4-7(2)8(3)5-6;1-5-3-6(2)4-5/h6H,2,4-5H2,1,3H3;5H,3-4H2,1-2H3. The van der Waals surface area contributed by atoms with E-state index in [1.165, 1.54) is 31.8 Å². The van der Waals surface area contributed by atoms with E-state index in [4.69, 9.17) is 0 Å². The normalized spacial score (nSPS) is 28.4. The molecule has 0 spiro atoms. The third-order valence-corrected chi connectivity index (χ3v) is 2.96. The molecule has 0 aliphatic carbocycles. The van der Waals surface area contributed by atoms with Crippen LogP contribution < -0.4 is 0 Å². The number of rotatable bonds is 0. The Balaban J connectivity index is 0.000000146. The third-order valence-electron chi connectivity index (χ3n) is 2.96. The Morgan fingerprint density at radius 1 is 1.07 bits per heavy atom. The van der Waals surface area contributed by atoms with E-state index in [0.717, 1.165) is 11.8 Å². The molecular weight excluding hydrogens is 172 g/mol. The molecule has 1 unspecified atom stereocenters. The van der Waals surface area contributed by atoms with E-state index < -0.39 is 0 Å². The first kappa shape index (κ1) is 11.6. The van der Waals surface area contributed by atoms with Gasteiger partial charge in [0.05, 0.1) is 0 Å². The van der Waals surface area contributed by atoms with Gasteiger partial charge in [0.1, 0.15) is 0 Å². The van der Waals surface area contributed by atoms with Crippen LogP contribution in [0.4, 0.5) is 0 Å². The van der Waals surface area contributed by atoms with E-state index in [-0.39, 0.29) is 0 Å². The summed E-state index contributed by atoms with van der Waals surface area (Å²) in [6.45, 7) is 12.3. The smallest absolute Gasteiger partial charge is 0.0200 e. The predicted octanol–water partition coefficient (Wildman–Crippen LogP) is 2.04. The summed E-state index contributed by atoms with van der Waals surface area (Å²) in [4.78, 5) is 4.55. The third kappa shape index (κ3) is 3.33. The van der Waals surface area contributed by atoms with Crippen molar-refractivity contribution < 1.29 is 0 Å². The van der Waals surface area contributed by atoms with Crippen molar-refractivity contribution >= 4 is 0 Å². The van der Waals surface area contributed by atoms with Gasteiger partial charge < -0.3 is 9.80 Å². The molecular formula is C12H24N2. The van der Waals surface area contributed by atoms with E-state index in [0.29, 0.717) is 0 Å². The second-order valence-corrected chi connectivity index (χ2v) is 5.08. The van der Waals surface area contributed by atoms with Crippen LogP contribution in [0.25, 0.3) is 0 Å². The fraction of sp³-hybridized carbons (Fsp3) is 0.833. The molecule has 2 aliphatic heterocycles. The summed E-state index contributed by atoms with van der Waals surface area (Å²) in [7, 11) is 4.26. The highest BCUT2D eigenvalue weighted by atomic mass is 15.2. The average molecular weight is 196 g/mol. The van der Waals surface area contributed by atoms with Gasteiger partial charge in [-0.25, -0.2) is 0 Å². The van der Waals surface area contributed by atoms with Crippen LogP contribution in [-0.2, 0) is 0 Å². The number of allylic oxidation sites excluding steroid dienone is 1. The van der Waals surface area contributed by atoms with Crippen LogP contribution >= 0.6 is 0 Å². The van der Waals surface area contributed by atoms with E-state index in [2.05, 4.69) is 44.3 Å². The Bertz CT molecular complexity index is 188. The maximum absolute atomic E-state index is 3.91. The number of likely N-dealkylation sites (tertiary alicyclic amines) is 2. The van der Waals surface area contributed by atoms with Gasteiger partial charge in [-0.3, -0.25) is 0 Å². The Morgan fingerprint density at radius 3 is 1.71 bits per heavy atom. The maximum Gasteiger partial charge on any atom is 0.0200 e. The topological polar surface area (TPSA) is 6.48 Å². The fourth-order valence-corrected chi connectivity index (χ4v) is 2.23. The zero-order valence-corrected chi connectivity index (χ0v) is 10.1. The van der Waals surface area contributed by atoms with Gasteiger partial charge in [-0.05, 0) is 25.3 Å². The van der Waals surface area contributed by atoms with Crippen molar-refractivity contribution in [1.82, 2.24) is 9.80 Å². The molecule has 0 amide bonds. The summed E-state index contributed by atoms with van der Waals surface area (Å²) < 4.78 is 0. The fourth-order valence-electron chi connectivity index (χ4n) is 2.23. The van der Waals surface area contributed by atoms with Crippen LogP contribution in [0.5, 0.6) is 0 Å². The monoisotopic (exact) mass is 196 g/mol. The first-order chi connectivity index (χ1) is 6.49. The van der Waals surface area contributed by atoms with Gasteiger partial charge in [-0.2, -0.15) is 0 Å². The summed E-state index contributed by atoms with van der Waals surface area (Å²) in [5.41, 5.74) is 1.29. The van der Waals surface area contributed by atoms with Crippen LogP contribution in [0.15, 0.2) is 12.3 Å². The Hall–Kier alpha value is -0.500. The molecule has 2 nitrogen and oxygen atoms in total. The number of nitrogens with zero attached hydrogens (tertiary/aromatic N) is 2. The van der Waals surface area contributed by atoms with Gasteiger partial charge >= 0.3 is 0 Å². The van der Waals surface area contributed by atoms with Gasteiger partial charge in [0.15, 0.2) is 0 Å². The molecule has 2 aliphatic rings. The Labute approximate surface area is 88.6 Å². The second-order valence-electron chi connectivity index (χ2n) is 5.08. The summed E-state index contributed by atoms with van der Waals surface area (Å²) in [6.07, 6.45) is 1.19. The minimum absolute atomic E-state index is 0.826. The molecule has 2 fully saturated rings. The first-order valence-corrected chi connectivity index (χ1v) is 5.56. The molecule has 2 rings (SSSR count). The summed E-state index contributed by atoms with van der Waals surface area (Å²) >= 11 is 0. The Kier molecular flexibility index (Phi) is 3.99. The lowest BCUT2D eigenvalue weighted by Gasteiger charge is -2.33. The number of hydrogen-bond donors (Lipinski definition) is 0. The highest BCUT2D eigenvalue weighted by molar-refractivity contribution is 4.99. The lowest BCUT2D eigenvalue weighted by atomic mass is 10.1. The second kappa shape index (κ2) is 4.83.